The van der Waals surface area contributed by atoms with Crippen LogP contribution in [0.4, 0.5) is 14.5 Å². The molecule has 1 aromatic heterocycles. The molecule has 2 aromatic rings. The normalized spacial score (nSPS) is 17.7. The van der Waals surface area contributed by atoms with Crippen LogP contribution in [0.15, 0.2) is 36.0 Å². The number of thioether (sulfide) groups is 1. The molecular weight excluding hydrogens is 414 g/mol. The molecule has 1 saturated carbocycles. The molecule has 1 N–H and O–H groups in total. The molecule has 1 fully saturated rings. The first kappa shape index (κ1) is 20.6. The van der Waals surface area contributed by atoms with E-state index in [0.29, 0.717) is 23.3 Å². The summed E-state index contributed by atoms with van der Waals surface area (Å²) in [5, 5.41) is 12.0. The van der Waals surface area contributed by atoms with E-state index in [9.17, 15) is 13.6 Å². The maximum atomic E-state index is 13.1. The second-order valence-corrected chi connectivity index (χ2v) is 8.18. The Hall–Kier alpha value is -2.62. The summed E-state index contributed by atoms with van der Waals surface area (Å²) in [6, 6.07) is 4.12. The molecule has 160 valence electrons. The van der Waals surface area contributed by atoms with E-state index in [4.69, 9.17) is 0 Å². The van der Waals surface area contributed by atoms with Crippen molar-refractivity contribution in [2.45, 2.75) is 56.0 Å². The van der Waals surface area contributed by atoms with Gasteiger partial charge in [0.25, 0.3) is 0 Å². The minimum atomic E-state index is -3.69. The summed E-state index contributed by atoms with van der Waals surface area (Å²) in [4.78, 5) is 12.4. The Morgan fingerprint density at radius 2 is 2.03 bits per heavy atom. The van der Waals surface area contributed by atoms with E-state index >= 15 is 0 Å². The van der Waals surface area contributed by atoms with Gasteiger partial charge in [0.2, 0.25) is 5.91 Å². The highest BCUT2D eigenvalue weighted by molar-refractivity contribution is 7.99. The second-order valence-electron chi connectivity index (χ2n) is 7.24. The fraction of sp³-hybridized carbons (Fsp3) is 0.450. The number of carbonyl (C=O) groups excluding carboxylic acids is 1. The van der Waals surface area contributed by atoms with Gasteiger partial charge in [-0.25, -0.2) is 0 Å². The highest BCUT2D eigenvalue weighted by Gasteiger charge is 2.43. The molecule has 0 atom stereocenters. The zero-order valence-electron chi connectivity index (χ0n) is 16.3. The molecular formula is C20H22F2N4O3S. The third kappa shape index (κ3) is 4.58. The van der Waals surface area contributed by atoms with Crippen LogP contribution in [-0.4, -0.2) is 32.7 Å². The number of amides is 1. The number of anilines is 1. The number of hydrogen-bond acceptors (Lipinski definition) is 6. The quantitative estimate of drug-likeness (QED) is 0.506. The van der Waals surface area contributed by atoms with Crippen molar-refractivity contribution in [1.82, 2.24) is 14.8 Å². The number of carbonyl (C=O) groups is 1. The van der Waals surface area contributed by atoms with Crippen molar-refractivity contribution in [3.63, 3.8) is 0 Å². The van der Waals surface area contributed by atoms with Crippen molar-refractivity contribution in [1.29, 1.82) is 0 Å². The van der Waals surface area contributed by atoms with E-state index in [-0.39, 0.29) is 23.2 Å². The molecule has 1 amide bonds. The number of alkyl halides is 2. The van der Waals surface area contributed by atoms with E-state index in [0.717, 1.165) is 18.7 Å². The van der Waals surface area contributed by atoms with E-state index < -0.39 is 6.29 Å². The number of nitrogens with zero attached hydrogens (tertiary/aromatic N) is 3. The van der Waals surface area contributed by atoms with Gasteiger partial charge in [-0.1, -0.05) is 37.1 Å². The average molecular weight is 436 g/mol. The molecule has 7 nitrogen and oxygen atoms in total. The van der Waals surface area contributed by atoms with Crippen LogP contribution in [0.1, 0.15) is 43.8 Å². The molecule has 10 heteroatoms. The van der Waals surface area contributed by atoms with Crippen LogP contribution in [0, 0.1) is 0 Å². The van der Waals surface area contributed by atoms with Crippen molar-refractivity contribution in [2.24, 2.45) is 0 Å². The number of fused-ring (bicyclic) bond motifs is 1. The van der Waals surface area contributed by atoms with Gasteiger partial charge in [0.15, 0.2) is 16.7 Å². The molecule has 1 aliphatic carbocycles. The van der Waals surface area contributed by atoms with Crippen LogP contribution in [0.2, 0.25) is 0 Å². The first-order chi connectivity index (χ1) is 14.4. The fourth-order valence-corrected chi connectivity index (χ4v) is 4.48. The standard InChI is InChI=1S/C20H22F2N4O3S/c1-2-10-26-18(13-6-4-3-5-7-13)24-25-19(26)30-12-17(27)23-14-8-9-15-16(11-14)29-20(21,22)28-15/h2,8-9,11,13H,1,3-7,10,12H2,(H,23,27). The molecule has 0 bridgehead atoms. The molecule has 0 unspecified atom stereocenters. The number of allylic oxidation sites excluding steroid dienone is 1. The van der Waals surface area contributed by atoms with Gasteiger partial charge in [0, 0.05) is 24.2 Å². The Labute approximate surface area is 176 Å². The number of halogens is 2. The maximum absolute atomic E-state index is 13.1. The number of nitrogens with one attached hydrogen (secondary N) is 1. The zero-order valence-corrected chi connectivity index (χ0v) is 17.1. The van der Waals surface area contributed by atoms with Gasteiger partial charge < -0.3 is 19.4 Å². The summed E-state index contributed by atoms with van der Waals surface area (Å²) in [7, 11) is 0. The lowest BCUT2D eigenvalue weighted by Crippen LogP contribution is -2.25. The summed E-state index contributed by atoms with van der Waals surface area (Å²) < 4.78 is 37.0. The Morgan fingerprint density at radius 3 is 2.80 bits per heavy atom. The second kappa shape index (κ2) is 8.63. The lowest BCUT2D eigenvalue weighted by molar-refractivity contribution is -0.286. The largest absolute Gasteiger partial charge is 0.586 e. The SMILES string of the molecule is C=CCn1c(SCC(=O)Nc2ccc3c(c2)OC(F)(F)O3)nnc1C1CCCCC1. The molecule has 1 aromatic carbocycles. The van der Waals surface area contributed by atoms with E-state index in [2.05, 4.69) is 31.6 Å². The molecule has 0 spiro atoms. The van der Waals surface area contributed by atoms with E-state index in [1.54, 1.807) is 6.08 Å². The molecule has 4 rings (SSSR count). The van der Waals surface area contributed by atoms with Crippen LogP contribution < -0.4 is 14.8 Å². The van der Waals surface area contributed by atoms with Gasteiger partial charge in [-0.3, -0.25) is 4.79 Å². The third-order valence-corrected chi connectivity index (χ3v) is 6.01. The highest BCUT2D eigenvalue weighted by Crippen LogP contribution is 2.42. The molecule has 2 aliphatic rings. The van der Waals surface area contributed by atoms with Crippen LogP contribution in [-0.2, 0) is 11.3 Å². The minimum Gasteiger partial charge on any atom is -0.395 e. The maximum Gasteiger partial charge on any atom is 0.586 e. The average Bonchev–Trinajstić information content (AvgIpc) is 3.26. The van der Waals surface area contributed by atoms with Gasteiger partial charge in [0.05, 0.1) is 5.75 Å². The number of ether oxygens (including phenoxy) is 2. The van der Waals surface area contributed by atoms with Crippen molar-refractivity contribution < 1.29 is 23.0 Å². The highest BCUT2D eigenvalue weighted by atomic mass is 32.2. The zero-order chi connectivity index (χ0) is 21.1. The Morgan fingerprint density at radius 1 is 1.27 bits per heavy atom. The lowest BCUT2D eigenvalue weighted by atomic mass is 9.89. The number of rotatable bonds is 7. The van der Waals surface area contributed by atoms with Crippen molar-refractivity contribution in [3.8, 4) is 11.5 Å². The Balaban J connectivity index is 1.38. The van der Waals surface area contributed by atoms with E-state index in [1.807, 2.05) is 4.57 Å². The number of benzene rings is 1. The topological polar surface area (TPSA) is 78.3 Å². The van der Waals surface area contributed by atoms with Crippen LogP contribution in [0.25, 0.3) is 0 Å². The molecule has 2 heterocycles. The monoisotopic (exact) mass is 436 g/mol. The van der Waals surface area contributed by atoms with Crippen LogP contribution in [0.3, 0.4) is 0 Å². The van der Waals surface area contributed by atoms with Gasteiger partial charge in [-0.2, -0.15) is 0 Å². The van der Waals surface area contributed by atoms with Crippen LogP contribution >= 0.6 is 11.8 Å². The summed E-state index contributed by atoms with van der Waals surface area (Å²) in [5.41, 5.74) is 0.344. The molecule has 0 radical (unpaired) electrons. The van der Waals surface area contributed by atoms with Crippen molar-refractivity contribution in [2.75, 3.05) is 11.1 Å². The third-order valence-electron chi connectivity index (χ3n) is 5.04. The van der Waals surface area contributed by atoms with Gasteiger partial charge in [0.1, 0.15) is 5.82 Å². The summed E-state index contributed by atoms with van der Waals surface area (Å²) in [6.45, 7) is 4.39. The van der Waals surface area contributed by atoms with Crippen LogP contribution in [0.5, 0.6) is 11.5 Å². The van der Waals surface area contributed by atoms with Gasteiger partial charge in [-0.15, -0.1) is 25.6 Å². The Bertz CT molecular complexity index is 944. The fourth-order valence-electron chi connectivity index (χ4n) is 3.72. The Kier molecular flexibility index (Phi) is 5.94. The first-order valence-electron chi connectivity index (χ1n) is 9.82. The minimum absolute atomic E-state index is 0.0693. The molecule has 30 heavy (non-hydrogen) atoms. The predicted octanol–water partition coefficient (Wildman–Crippen LogP) is 4.56. The molecule has 0 saturated heterocycles. The predicted molar refractivity (Wildman–Crippen MR) is 108 cm³/mol. The summed E-state index contributed by atoms with van der Waals surface area (Å²) >= 11 is 1.28. The number of aromatic nitrogens is 3. The number of hydrogen-bond donors (Lipinski definition) is 1. The summed E-state index contributed by atoms with van der Waals surface area (Å²) in [6.07, 6.45) is 3.95. The lowest BCUT2D eigenvalue weighted by Gasteiger charge is -2.21. The van der Waals surface area contributed by atoms with Gasteiger partial charge >= 0.3 is 6.29 Å². The molecule has 1 aliphatic heterocycles. The first-order valence-corrected chi connectivity index (χ1v) is 10.8. The smallest absolute Gasteiger partial charge is 0.395 e. The summed E-state index contributed by atoms with van der Waals surface area (Å²) in [5.74, 6) is 0.964. The van der Waals surface area contributed by atoms with Crippen molar-refractivity contribution in [3.05, 3.63) is 36.7 Å². The van der Waals surface area contributed by atoms with Crippen molar-refractivity contribution >= 4 is 23.4 Å². The van der Waals surface area contributed by atoms with Gasteiger partial charge in [-0.05, 0) is 25.0 Å². The van der Waals surface area contributed by atoms with E-state index in [1.165, 1.54) is 49.2 Å².